The number of carbonyl (C=O) groups is 2. The second kappa shape index (κ2) is 10.7. The first-order valence-electron chi connectivity index (χ1n) is 8.72. The molecule has 0 aromatic heterocycles. The van der Waals surface area contributed by atoms with Crippen LogP contribution >= 0.6 is 11.6 Å². The highest BCUT2D eigenvalue weighted by Crippen LogP contribution is 2.20. The third-order valence-corrected chi connectivity index (χ3v) is 4.41. The predicted molar refractivity (Wildman–Crippen MR) is 107 cm³/mol. The Hall–Kier alpha value is -2.41. The van der Waals surface area contributed by atoms with Crippen molar-refractivity contribution in [3.63, 3.8) is 0 Å². The number of hydrogen-bond acceptors (Lipinski definition) is 4. The molecule has 27 heavy (non-hydrogen) atoms. The van der Waals surface area contributed by atoms with Gasteiger partial charge in [-0.25, -0.2) is 0 Å². The van der Waals surface area contributed by atoms with Gasteiger partial charge in [0.25, 0.3) is 0 Å². The lowest BCUT2D eigenvalue weighted by atomic mass is 10.2. The maximum Gasteiger partial charge on any atom is 0.321 e. The average Bonchev–Trinajstić information content (AvgIpc) is 2.64. The van der Waals surface area contributed by atoms with Gasteiger partial charge in [-0.3, -0.25) is 9.59 Å². The smallest absolute Gasteiger partial charge is 0.321 e. The van der Waals surface area contributed by atoms with Crippen molar-refractivity contribution in [2.45, 2.75) is 25.9 Å². The van der Waals surface area contributed by atoms with Gasteiger partial charge < -0.3 is 21.1 Å². The van der Waals surface area contributed by atoms with Gasteiger partial charge in [0, 0.05) is 30.3 Å². The Morgan fingerprint density at radius 1 is 1.11 bits per heavy atom. The number of carboxylic acid groups (broad SMARTS) is 1. The Morgan fingerprint density at radius 3 is 2.52 bits per heavy atom. The van der Waals surface area contributed by atoms with Crippen LogP contribution in [0.5, 0.6) is 0 Å². The average molecular weight is 390 g/mol. The van der Waals surface area contributed by atoms with Crippen molar-refractivity contribution >= 4 is 29.2 Å². The van der Waals surface area contributed by atoms with E-state index in [1.54, 1.807) is 18.2 Å². The zero-order valence-corrected chi connectivity index (χ0v) is 15.9. The van der Waals surface area contributed by atoms with E-state index in [-0.39, 0.29) is 12.3 Å². The molecule has 4 N–H and O–H groups in total. The van der Waals surface area contributed by atoms with Crippen LogP contribution in [0.3, 0.4) is 0 Å². The van der Waals surface area contributed by atoms with Crippen LogP contribution in [-0.2, 0) is 16.1 Å². The predicted octanol–water partition coefficient (Wildman–Crippen LogP) is 2.81. The molecule has 0 aliphatic heterocycles. The summed E-state index contributed by atoms with van der Waals surface area (Å²) < 4.78 is 0. The molecule has 2 aromatic carbocycles. The summed E-state index contributed by atoms with van der Waals surface area (Å²) in [5.41, 5.74) is 2.61. The second-order valence-electron chi connectivity index (χ2n) is 6.22. The van der Waals surface area contributed by atoms with Crippen molar-refractivity contribution in [3.05, 3.63) is 64.7 Å². The van der Waals surface area contributed by atoms with Crippen molar-refractivity contribution in [1.29, 1.82) is 0 Å². The van der Waals surface area contributed by atoms with E-state index < -0.39 is 12.0 Å². The van der Waals surface area contributed by atoms with Gasteiger partial charge in [0.1, 0.15) is 6.04 Å². The molecule has 0 unspecified atom stereocenters. The molecule has 2 rings (SSSR count). The molecule has 6 nitrogen and oxygen atoms in total. The molecule has 0 fully saturated rings. The number of carboxylic acids is 1. The minimum absolute atomic E-state index is 0.167. The van der Waals surface area contributed by atoms with Gasteiger partial charge in [-0.1, -0.05) is 48.0 Å². The van der Waals surface area contributed by atoms with Crippen LogP contribution in [0.4, 0.5) is 5.69 Å². The number of halogens is 1. The van der Waals surface area contributed by atoms with Crippen molar-refractivity contribution in [1.82, 2.24) is 10.6 Å². The Labute approximate surface area is 163 Å². The van der Waals surface area contributed by atoms with Gasteiger partial charge in [0.15, 0.2) is 0 Å². The fraction of sp³-hybridized carbons (Fsp3) is 0.300. The normalized spacial score (nSPS) is 11.8. The standard InChI is InChI=1S/C20H24ClN3O3/c1-14-7-8-16(11-17(14)21)24-19(25)12-18(20(26)27)23-10-9-22-13-15-5-3-2-4-6-15/h2-8,11,18,22-23H,9-10,12-13H2,1H3,(H,24,25)(H,26,27)/t18-/m1/s1. The van der Waals surface area contributed by atoms with E-state index in [4.69, 9.17) is 11.6 Å². The summed E-state index contributed by atoms with van der Waals surface area (Å²) in [5, 5.41) is 18.7. The summed E-state index contributed by atoms with van der Waals surface area (Å²) in [5.74, 6) is -1.44. The summed E-state index contributed by atoms with van der Waals surface area (Å²) in [6, 6.07) is 14.1. The fourth-order valence-electron chi connectivity index (χ4n) is 2.48. The minimum Gasteiger partial charge on any atom is -0.480 e. The fourth-order valence-corrected chi connectivity index (χ4v) is 2.66. The third-order valence-electron chi connectivity index (χ3n) is 4.01. The van der Waals surface area contributed by atoms with Crippen molar-refractivity contribution < 1.29 is 14.7 Å². The number of carbonyl (C=O) groups excluding carboxylic acids is 1. The van der Waals surface area contributed by atoms with E-state index in [2.05, 4.69) is 16.0 Å². The van der Waals surface area contributed by atoms with Crippen molar-refractivity contribution in [2.75, 3.05) is 18.4 Å². The molecular weight excluding hydrogens is 366 g/mol. The summed E-state index contributed by atoms with van der Waals surface area (Å²) in [6.45, 7) is 3.60. The van der Waals surface area contributed by atoms with Crippen LogP contribution in [0.2, 0.25) is 5.02 Å². The monoisotopic (exact) mass is 389 g/mol. The summed E-state index contributed by atoms with van der Waals surface area (Å²) in [4.78, 5) is 23.5. The van der Waals surface area contributed by atoms with Crippen LogP contribution in [0, 0.1) is 6.92 Å². The van der Waals surface area contributed by atoms with E-state index in [0.29, 0.717) is 30.3 Å². The van der Waals surface area contributed by atoms with E-state index in [9.17, 15) is 14.7 Å². The molecule has 2 aromatic rings. The summed E-state index contributed by atoms with van der Waals surface area (Å²) >= 11 is 6.03. The molecule has 1 atom stereocenters. The first-order valence-corrected chi connectivity index (χ1v) is 9.10. The highest BCUT2D eigenvalue weighted by molar-refractivity contribution is 6.31. The van der Waals surface area contributed by atoms with Crippen LogP contribution in [-0.4, -0.2) is 36.1 Å². The molecule has 0 heterocycles. The quantitative estimate of drug-likeness (QED) is 0.469. The number of aliphatic carboxylic acids is 1. The number of nitrogens with one attached hydrogen (secondary N) is 3. The first kappa shape index (κ1) is 20.9. The maximum absolute atomic E-state index is 12.1. The zero-order chi connectivity index (χ0) is 19.6. The SMILES string of the molecule is Cc1ccc(NC(=O)C[C@@H](NCCNCc2ccccc2)C(=O)O)cc1Cl. The molecular formula is C20H24ClN3O3. The van der Waals surface area contributed by atoms with E-state index >= 15 is 0 Å². The topological polar surface area (TPSA) is 90.5 Å². The molecule has 0 spiro atoms. The van der Waals surface area contributed by atoms with Gasteiger partial charge in [-0.15, -0.1) is 0 Å². The van der Waals surface area contributed by atoms with Gasteiger partial charge in [-0.05, 0) is 30.2 Å². The van der Waals surface area contributed by atoms with Crippen molar-refractivity contribution in [3.8, 4) is 0 Å². The molecule has 0 aliphatic carbocycles. The van der Waals surface area contributed by atoms with Crippen molar-refractivity contribution in [2.24, 2.45) is 0 Å². The maximum atomic E-state index is 12.1. The lowest BCUT2D eigenvalue weighted by molar-refractivity contribution is -0.141. The van der Waals surface area contributed by atoms with Crippen LogP contribution < -0.4 is 16.0 Å². The largest absolute Gasteiger partial charge is 0.480 e. The van der Waals surface area contributed by atoms with Crippen LogP contribution in [0.1, 0.15) is 17.5 Å². The van der Waals surface area contributed by atoms with Gasteiger partial charge in [0.05, 0.1) is 6.42 Å². The Morgan fingerprint density at radius 2 is 1.85 bits per heavy atom. The van der Waals surface area contributed by atoms with Crippen LogP contribution in [0.15, 0.2) is 48.5 Å². The number of rotatable bonds is 10. The third kappa shape index (κ3) is 7.38. The van der Waals surface area contributed by atoms with Crippen LogP contribution in [0.25, 0.3) is 0 Å². The second-order valence-corrected chi connectivity index (χ2v) is 6.63. The molecule has 7 heteroatoms. The zero-order valence-electron chi connectivity index (χ0n) is 15.2. The number of anilines is 1. The number of hydrogen-bond donors (Lipinski definition) is 4. The number of amides is 1. The molecule has 1 amide bonds. The Kier molecular flexibility index (Phi) is 8.26. The van der Waals surface area contributed by atoms with Gasteiger partial charge in [0.2, 0.25) is 5.91 Å². The van der Waals surface area contributed by atoms with E-state index in [1.807, 2.05) is 37.3 Å². The van der Waals surface area contributed by atoms with Gasteiger partial charge in [-0.2, -0.15) is 0 Å². The van der Waals surface area contributed by atoms with Gasteiger partial charge >= 0.3 is 5.97 Å². The molecule has 0 bridgehead atoms. The molecule has 0 saturated carbocycles. The Bertz CT molecular complexity index is 768. The molecule has 0 radical (unpaired) electrons. The summed E-state index contributed by atoms with van der Waals surface area (Å²) in [6.07, 6.45) is -0.167. The molecule has 0 aliphatic rings. The lowest BCUT2D eigenvalue weighted by Gasteiger charge is -2.15. The number of aryl methyl sites for hydroxylation is 1. The van der Waals surface area contributed by atoms with E-state index in [1.165, 1.54) is 0 Å². The summed E-state index contributed by atoms with van der Waals surface area (Å²) in [7, 11) is 0. The molecule has 144 valence electrons. The highest BCUT2D eigenvalue weighted by Gasteiger charge is 2.20. The minimum atomic E-state index is -1.06. The first-order chi connectivity index (χ1) is 13.0. The number of benzene rings is 2. The lowest BCUT2D eigenvalue weighted by Crippen LogP contribution is -2.42. The highest BCUT2D eigenvalue weighted by atomic mass is 35.5. The Balaban J connectivity index is 1.74. The molecule has 0 saturated heterocycles. The van der Waals surface area contributed by atoms with E-state index in [0.717, 1.165) is 11.1 Å².